The van der Waals surface area contributed by atoms with Crippen LogP contribution in [0.5, 0.6) is 5.75 Å². The van der Waals surface area contributed by atoms with Crippen molar-refractivity contribution in [3.8, 4) is 5.75 Å². The number of methoxy groups -OCH3 is 1. The maximum absolute atomic E-state index is 5.29. The molecule has 0 saturated carbocycles. The molecule has 104 valence electrons. The molecular weight excluding hydrogens is 266 g/mol. The lowest BCUT2D eigenvalue weighted by Crippen LogP contribution is -1.92. The van der Waals surface area contributed by atoms with Gasteiger partial charge < -0.3 is 4.74 Å². The van der Waals surface area contributed by atoms with E-state index < -0.39 is 0 Å². The average molecular weight is 285 g/mol. The highest BCUT2D eigenvalue weighted by atomic mass is 32.1. The Hall–Kier alpha value is -1.74. The lowest BCUT2D eigenvalue weighted by molar-refractivity contribution is 0.414. The van der Waals surface area contributed by atoms with E-state index in [1.54, 1.807) is 7.11 Å². The number of aryl methyl sites for hydroxylation is 3. The number of aliphatic imine (C=N–C) groups is 1. The lowest BCUT2D eigenvalue weighted by atomic mass is 10.1. The van der Waals surface area contributed by atoms with E-state index in [1.807, 2.05) is 31.3 Å². The van der Waals surface area contributed by atoms with Crippen LogP contribution in [0.25, 0.3) is 0 Å². The van der Waals surface area contributed by atoms with Gasteiger partial charge in [-0.15, -0.1) is 12.6 Å². The third kappa shape index (κ3) is 3.05. The molecule has 0 aliphatic carbocycles. The maximum Gasteiger partial charge on any atom is 0.119 e. The van der Waals surface area contributed by atoms with E-state index in [4.69, 9.17) is 4.74 Å². The normalized spacial score (nSPS) is 11.1. The summed E-state index contributed by atoms with van der Waals surface area (Å²) in [5.41, 5.74) is 5.40. The summed E-state index contributed by atoms with van der Waals surface area (Å²) in [6, 6.07) is 10.1. The minimum absolute atomic E-state index is 0.822. The summed E-state index contributed by atoms with van der Waals surface area (Å²) in [7, 11) is 1.67. The fourth-order valence-corrected chi connectivity index (χ4v) is 2.32. The highest BCUT2D eigenvalue weighted by Gasteiger charge is 2.05. The molecule has 0 aliphatic rings. The van der Waals surface area contributed by atoms with E-state index in [1.165, 1.54) is 11.1 Å². The van der Waals surface area contributed by atoms with Crippen molar-refractivity contribution in [1.82, 2.24) is 0 Å². The molecule has 0 unspecified atom stereocenters. The predicted octanol–water partition coefficient (Wildman–Crippen LogP) is 4.66. The van der Waals surface area contributed by atoms with E-state index in [0.717, 1.165) is 27.5 Å². The molecule has 0 saturated heterocycles. The number of rotatable bonds is 3. The van der Waals surface area contributed by atoms with Gasteiger partial charge in [0.05, 0.1) is 12.8 Å². The van der Waals surface area contributed by atoms with Crippen LogP contribution in [0.4, 0.5) is 5.69 Å². The van der Waals surface area contributed by atoms with Gasteiger partial charge in [-0.2, -0.15) is 0 Å². The second-order valence-corrected chi connectivity index (χ2v) is 5.33. The molecule has 0 heterocycles. The molecular formula is C17H19NOS. The summed E-state index contributed by atoms with van der Waals surface area (Å²) in [6.07, 6.45) is 1.85. The lowest BCUT2D eigenvalue weighted by Gasteiger charge is -2.08. The smallest absolute Gasteiger partial charge is 0.119 e. The molecule has 2 nitrogen and oxygen atoms in total. The van der Waals surface area contributed by atoms with Crippen molar-refractivity contribution >= 4 is 24.5 Å². The molecule has 3 heteroatoms. The summed E-state index contributed by atoms with van der Waals surface area (Å²) in [4.78, 5) is 5.55. The van der Waals surface area contributed by atoms with Crippen molar-refractivity contribution in [3.05, 3.63) is 52.6 Å². The highest BCUT2D eigenvalue weighted by Crippen LogP contribution is 2.26. The van der Waals surface area contributed by atoms with Crippen LogP contribution in [-0.2, 0) is 0 Å². The van der Waals surface area contributed by atoms with Crippen LogP contribution in [-0.4, -0.2) is 13.3 Å². The zero-order valence-electron chi connectivity index (χ0n) is 12.3. The Morgan fingerprint density at radius 3 is 2.30 bits per heavy atom. The second-order valence-electron chi connectivity index (χ2n) is 4.88. The van der Waals surface area contributed by atoms with Gasteiger partial charge in [0.1, 0.15) is 5.75 Å². The number of para-hydroxylation sites is 1. The fraction of sp³-hybridized carbons (Fsp3) is 0.235. The minimum atomic E-state index is 0.822. The maximum atomic E-state index is 5.29. The molecule has 0 N–H and O–H groups in total. The van der Waals surface area contributed by atoms with Gasteiger partial charge in [-0.25, -0.2) is 0 Å². The quantitative estimate of drug-likeness (QED) is 0.643. The van der Waals surface area contributed by atoms with E-state index >= 15 is 0 Å². The van der Waals surface area contributed by atoms with Gasteiger partial charge in [0.25, 0.3) is 0 Å². The van der Waals surface area contributed by atoms with E-state index in [9.17, 15) is 0 Å². The van der Waals surface area contributed by atoms with Crippen LogP contribution in [0.1, 0.15) is 22.3 Å². The van der Waals surface area contributed by atoms with Crippen molar-refractivity contribution < 1.29 is 4.74 Å². The number of thiol groups is 1. The Kier molecular flexibility index (Phi) is 4.50. The summed E-state index contributed by atoms with van der Waals surface area (Å²) in [6.45, 7) is 6.15. The first-order valence-corrected chi connectivity index (χ1v) is 6.95. The monoisotopic (exact) mass is 285 g/mol. The first-order chi connectivity index (χ1) is 9.52. The molecule has 0 atom stereocenters. The molecule has 2 aromatic rings. The van der Waals surface area contributed by atoms with Crippen LogP contribution >= 0.6 is 12.6 Å². The van der Waals surface area contributed by atoms with Crippen LogP contribution in [0.2, 0.25) is 0 Å². The standard InChI is InChI=1S/C17H19NOS/c1-11-6-5-7-12(2)16(11)18-10-14-9-15(19-4)8-13(3)17(14)20/h5-10,20H,1-4H3. The molecule has 0 amide bonds. The van der Waals surface area contributed by atoms with Crippen LogP contribution in [0.3, 0.4) is 0 Å². The van der Waals surface area contributed by atoms with Crippen molar-refractivity contribution in [2.75, 3.05) is 7.11 Å². The molecule has 20 heavy (non-hydrogen) atoms. The van der Waals surface area contributed by atoms with Crippen molar-refractivity contribution in [3.63, 3.8) is 0 Å². The molecule has 0 fully saturated rings. The molecule has 0 spiro atoms. The molecule has 2 aromatic carbocycles. The van der Waals surface area contributed by atoms with Crippen molar-refractivity contribution in [1.29, 1.82) is 0 Å². The number of nitrogens with zero attached hydrogens (tertiary/aromatic N) is 1. The zero-order valence-corrected chi connectivity index (χ0v) is 13.2. The molecule has 0 bridgehead atoms. The number of hydrogen-bond donors (Lipinski definition) is 1. The van der Waals surface area contributed by atoms with Crippen LogP contribution in [0, 0.1) is 20.8 Å². The SMILES string of the molecule is COc1cc(C)c(S)c(C=Nc2c(C)cccc2C)c1. The molecule has 0 aromatic heterocycles. The Labute approximate surface area is 125 Å². The average Bonchev–Trinajstić information content (AvgIpc) is 2.42. The van der Waals surface area contributed by atoms with Gasteiger partial charge in [0.15, 0.2) is 0 Å². The Morgan fingerprint density at radius 2 is 1.70 bits per heavy atom. The number of ether oxygens (including phenoxy) is 1. The largest absolute Gasteiger partial charge is 0.497 e. The first kappa shape index (κ1) is 14.7. The van der Waals surface area contributed by atoms with Crippen molar-refractivity contribution in [2.45, 2.75) is 25.7 Å². The van der Waals surface area contributed by atoms with Crippen LogP contribution < -0.4 is 4.74 Å². The van der Waals surface area contributed by atoms with Gasteiger partial charge in [0, 0.05) is 16.7 Å². The Bertz CT molecular complexity index is 642. The third-order valence-corrected chi connectivity index (χ3v) is 3.92. The highest BCUT2D eigenvalue weighted by molar-refractivity contribution is 7.80. The molecule has 2 rings (SSSR count). The summed E-state index contributed by atoms with van der Waals surface area (Å²) < 4.78 is 5.29. The van der Waals surface area contributed by atoms with Crippen molar-refractivity contribution in [2.24, 2.45) is 4.99 Å². The van der Waals surface area contributed by atoms with Gasteiger partial charge >= 0.3 is 0 Å². The summed E-state index contributed by atoms with van der Waals surface area (Å²) in [5.74, 6) is 0.822. The van der Waals surface area contributed by atoms with E-state index in [0.29, 0.717) is 0 Å². The van der Waals surface area contributed by atoms with E-state index in [2.05, 4.69) is 43.6 Å². The number of hydrogen-bond acceptors (Lipinski definition) is 3. The third-order valence-electron chi connectivity index (χ3n) is 3.31. The zero-order chi connectivity index (χ0) is 14.7. The molecule has 0 radical (unpaired) electrons. The Morgan fingerprint density at radius 1 is 1.05 bits per heavy atom. The minimum Gasteiger partial charge on any atom is -0.497 e. The van der Waals surface area contributed by atoms with Gasteiger partial charge in [-0.1, -0.05) is 18.2 Å². The fourth-order valence-electron chi connectivity index (χ4n) is 2.13. The predicted molar refractivity (Wildman–Crippen MR) is 88.2 cm³/mol. The van der Waals surface area contributed by atoms with Crippen LogP contribution in [0.15, 0.2) is 40.2 Å². The number of benzene rings is 2. The Balaban J connectivity index is 2.44. The first-order valence-electron chi connectivity index (χ1n) is 6.51. The topological polar surface area (TPSA) is 21.6 Å². The van der Waals surface area contributed by atoms with E-state index in [-0.39, 0.29) is 0 Å². The van der Waals surface area contributed by atoms with Gasteiger partial charge in [0.2, 0.25) is 0 Å². The summed E-state index contributed by atoms with van der Waals surface area (Å²) >= 11 is 4.55. The van der Waals surface area contributed by atoms with Gasteiger partial charge in [-0.05, 0) is 49.6 Å². The molecule has 0 aliphatic heterocycles. The second kappa shape index (κ2) is 6.14. The van der Waals surface area contributed by atoms with Gasteiger partial charge in [-0.3, -0.25) is 4.99 Å². The summed E-state index contributed by atoms with van der Waals surface area (Å²) in [5, 5.41) is 0.